The first-order valence-corrected chi connectivity index (χ1v) is 6.56. The van der Waals surface area contributed by atoms with Crippen LogP contribution in [-0.2, 0) is 10.0 Å². The number of hydrogen-bond acceptors (Lipinski definition) is 5. The van der Waals surface area contributed by atoms with E-state index in [9.17, 15) is 22.9 Å². The third-order valence-corrected chi connectivity index (χ3v) is 3.00. The van der Waals surface area contributed by atoms with Crippen LogP contribution in [0.25, 0.3) is 0 Å². The predicted octanol–water partition coefficient (Wildman–Crippen LogP) is 1.34. The minimum absolute atomic E-state index is 0.0270. The van der Waals surface area contributed by atoms with E-state index < -0.39 is 37.1 Å². The standard InChI is InChI=1S/C10H11FN2O5S/c1-2-3-4-18-10-8(11)5-7(13(14)15)6-9(10)19(12,16)17/h2,5-6H,1,3-4H2,(H2,12,16,17). The van der Waals surface area contributed by atoms with E-state index >= 15 is 0 Å². The first-order valence-electron chi connectivity index (χ1n) is 5.01. The van der Waals surface area contributed by atoms with Gasteiger partial charge in [-0.25, -0.2) is 17.9 Å². The van der Waals surface area contributed by atoms with Crippen molar-refractivity contribution in [2.75, 3.05) is 6.61 Å². The molecule has 0 aliphatic heterocycles. The molecule has 0 aliphatic carbocycles. The zero-order valence-corrected chi connectivity index (χ0v) is 10.5. The SMILES string of the molecule is C=CCCOc1c(F)cc([N+](=O)[O-])cc1S(N)(=O)=O. The topological polar surface area (TPSA) is 113 Å². The van der Waals surface area contributed by atoms with E-state index in [0.29, 0.717) is 18.6 Å². The lowest BCUT2D eigenvalue weighted by molar-refractivity contribution is -0.385. The van der Waals surface area contributed by atoms with Gasteiger partial charge in [-0.1, -0.05) is 6.08 Å². The number of sulfonamides is 1. The van der Waals surface area contributed by atoms with Crippen LogP contribution in [0.2, 0.25) is 0 Å². The zero-order chi connectivity index (χ0) is 14.6. The van der Waals surface area contributed by atoms with Crippen LogP contribution >= 0.6 is 0 Å². The number of nitrogens with two attached hydrogens (primary N) is 1. The lowest BCUT2D eigenvalue weighted by Crippen LogP contribution is -2.15. The minimum Gasteiger partial charge on any atom is -0.489 e. The molecule has 0 atom stereocenters. The molecule has 0 amide bonds. The maximum Gasteiger partial charge on any atom is 0.274 e. The summed E-state index contributed by atoms with van der Waals surface area (Å²) in [5.41, 5.74) is -0.724. The molecule has 0 fully saturated rings. The number of hydrogen-bond donors (Lipinski definition) is 1. The highest BCUT2D eigenvalue weighted by molar-refractivity contribution is 7.89. The number of benzene rings is 1. The molecular weight excluding hydrogens is 279 g/mol. The second-order valence-corrected chi connectivity index (χ2v) is 5.01. The fourth-order valence-corrected chi connectivity index (χ4v) is 1.96. The Bertz CT molecular complexity index is 615. The molecule has 0 saturated heterocycles. The Morgan fingerprint density at radius 3 is 2.63 bits per heavy atom. The average molecular weight is 290 g/mol. The Morgan fingerprint density at radius 1 is 1.53 bits per heavy atom. The molecule has 2 N–H and O–H groups in total. The summed E-state index contributed by atoms with van der Waals surface area (Å²) in [5.74, 6) is -1.79. The van der Waals surface area contributed by atoms with E-state index in [2.05, 4.69) is 6.58 Å². The summed E-state index contributed by atoms with van der Waals surface area (Å²) in [5, 5.41) is 15.4. The van der Waals surface area contributed by atoms with Crippen LogP contribution in [-0.4, -0.2) is 19.9 Å². The third kappa shape index (κ3) is 3.73. The number of rotatable bonds is 6. The highest BCUT2D eigenvalue weighted by Crippen LogP contribution is 2.31. The smallest absolute Gasteiger partial charge is 0.274 e. The van der Waals surface area contributed by atoms with Crippen molar-refractivity contribution in [2.24, 2.45) is 5.14 Å². The second-order valence-electron chi connectivity index (χ2n) is 3.48. The molecule has 0 spiro atoms. The van der Waals surface area contributed by atoms with Crippen molar-refractivity contribution >= 4 is 15.7 Å². The summed E-state index contributed by atoms with van der Waals surface area (Å²) in [6.45, 7) is 3.39. The molecule has 9 heteroatoms. The van der Waals surface area contributed by atoms with Crippen LogP contribution in [0.4, 0.5) is 10.1 Å². The number of nitro benzene ring substituents is 1. The van der Waals surface area contributed by atoms with Crippen molar-refractivity contribution in [1.82, 2.24) is 0 Å². The van der Waals surface area contributed by atoms with Crippen LogP contribution in [0.15, 0.2) is 29.7 Å². The monoisotopic (exact) mass is 290 g/mol. The first-order chi connectivity index (χ1) is 8.77. The van der Waals surface area contributed by atoms with E-state index in [-0.39, 0.29) is 6.61 Å². The normalized spacial score (nSPS) is 11.1. The summed E-state index contributed by atoms with van der Waals surface area (Å²) in [6.07, 6.45) is 1.83. The van der Waals surface area contributed by atoms with Gasteiger partial charge in [0.1, 0.15) is 4.90 Å². The largest absolute Gasteiger partial charge is 0.489 e. The number of nitrogens with zero attached hydrogens (tertiary/aromatic N) is 1. The van der Waals surface area contributed by atoms with E-state index in [0.717, 1.165) is 0 Å². The molecule has 1 aromatic rings. The van der Waals surface area contributed by atoms with E-state index in [1.165, 1.54) is 6.08 Å². The molecule has 1 aromatic carbocycles. The second kappa shape index (κ2) is 5.76. The Balaban J connectivity index is 3.35. The molecule has 0 bridgehead atoms. The molecule has 0 aliphatic rings. The van der Waals surface area contributed by atoms with E-state index in [4.69, 9.17) is 9.88 Å². The van der Waals surface area contributed by atoms with Crippen molar-refractivity contribution in [1.29, 1.82) is 0 Å². The fourth-order valence-electron chi connectivity index (χ4n) is 1.26. The van der Waals surface area contributed by atoms with Crippen molar-refractivity contribution in [3.8, 4) is 5.75 Å². The highest BCUT2D eigenvalue weighted by Gasteiger charge is 2.24. The molecule has 0 unspecified atom stereocenters. The Labute approximate surface area is 108 Å². The van der Waals surface area contributed by atoms with Gasteiger partial charge in [-0.15, -0.1) is 6.58 Å². The zero-order valence-electron chi connectivity index (χ0n) is 9.71. The minimum atomic E-state index is -4.34. The number of non-ortho nitro benzene ring substituents is 1. The summed E-state index contributed by atoms with van der Waals surface area (Å²) in [4.78, 5) is 8.87. The van der Waals surface area contributed by atoms with Gasteiger partial charge in [-0.2, -0.15) is 0 Å². The molecule has 1 rings (SSSR count). The van der Waals surface area contributed by atoms with Gasteiger partial charge in [0.2, 0.25) is 10.0 Å². The summed E-state index contributed by atoms with van der Waals surface area (Å²) < 4.78 is 41.2. The van der Waals surface area contributed by atoms with Gasteiger partial charge in [-0.3, -0.25) is 10.1 Å². The lowest BCUT2D eigenvalue weighted by Gasteiger charge is -2.10. The number of nitro groups is 1. The lowest BCUT2D eigenvalue weighted by atomic mass is 10.3. The van der Waals surface area contributed by atoms with Crippen molar-refractivity contribution in [2.45, 2.75) is 11.3 Å². The molecule has 0 saturated carbocycles. The van der Waals surface area contributed by atoms with Crippen molar-refractivity contribution < 1.29 is 22.5 Å². The molecule has 7 nitrogen and oxygen atoms in total. The van der Waals surface area contributed by atoms with E-state index in [1.54, 1.807) is 0 Å². The van der Waals surface area contributed by atoms with E-state index in [1.807, 2.05) is 0 Å². The predicted molar refractivity (Wildman–Crippen MR) is 64.7 cm³/mol. The third-order valence-electron chi connectivity index (χ3n) is 2.08. The van der Waals surface area contributed by atoms with Gasteiger partial charge in [0, 0.05) is 6.07 Å². The highest BCUT2D eigenvalue weighted by atomic mass is 32.2. The Hall–Kier alpha value is -2.00. The van der Waals surface area contributed by atoms with Crippen molar-refractivity contribution in [3.63, 3.8) is 0 Å². The van der Waals surface area contributed by atoms with Crippen LogP contribution in [0.1, 0.15) is 6.42 Å². The number of ether oxygens (including phenoxy) is 1. The maximum atomic E-state index is 13.7. The molecule has 19 heavy (non-hydrogen) atoms. The van der Waals surface area contributed by atoms with Crippen LogP contribution in [0.3, 0.4) is 0 Å². The quantitative estimate of drug-likeness (QED) is 0.367. The van der Waals surface area contributed by atoms with Crippen LogP contribution in [0.5, 0.6) is 5.75 Å². The molecule has 0 radical (unpaired) electrons. The van der Waals surface area contributed by atoms with Crippen molar-refractivity contribution in [3.05, 3.63) is 40.7 Å². The summed E-state index contributed by atoms with van der Waals surface area (Å²) >= 11 is 0. The van der Waals surface area contributed by atoms with Gasteiger partial charge in [-0.05, 0) is 6.42 Å². The Kier molecular flexibility index (Phi) is 4.57. The molecule has 0 aromatic heterocycles. The average Bonchev–Trinajstić information content (AvgIpc) is 2.29. The summed E-state index contributed by atoms with van der Waals surface area (Å²) in [7, 11) is -4.34. The van der Waals surface area contributed by atoms with Crippen LogP contribution < -0.4 is 9.88 Å². The fraction of sp³-hybridized carbons (Fsp3) is 0.200. The van der Waals surface area contributed by atoms with Gasteiger partial charge in [0.05, 0.1) is 17.6 Å². The molecular formula is C10H11FN2O5S. The van der Waals surface area contributed by atoms with Gasteiger partial charge in [0.15, 0.2) is 11.6 Å². The molecule has 0 heterocycles. The summed E-state index contributed by atoms with van der Waals surface area (Å²) in [6, 6.07) is 1.22. The van der Waals surface area contributed by atoms with Crippen LogP contribution in [0, 0.1) is 15.9 Å². The first kappa shape index (κ1) is 15.1. The maximum absolute atomic E-state index is 13.7. The van der Waals surface area contributed by atoms with Gasteiger partial charge >= 0.3 is 0 Å². The Morgan fingerprint density at radius 2 is 2.16 bits per heavy atom. The number of halogens is 1. The molecule has 104 valence electrons. The van der Waals surface area contributed by atoms with Gasteiger partial charge < -0.3 is 4.74 Å². The van der Waals surface area contributed by atoms with Gasteiger partial charge in [0.25, 0.3) is 5.69 Å². The number of primary sulfonamides is 1.